The minimum atomic E-state index is -0.240. The fourth-order valence-corrected chi connectivity index (χ4v) is 3.57. The van der Waals surface area contributed by atoms with E-state index in [-0.39, 0.29) is 11.5 Å². The van der Waals surface area contributed by atoms with Gasteiger partial charge in [-0.25, -0.2) is 0 Å². The molecule has 0 spiro atoms. The maximum atomic E-state index is 10.2. The molecule has 1 heterocycles. The average molecular weight is 247 g/mol. The maximum absolute atomic E-state index is 10.2. The molecule has 3 rings (SSSR count). The van der Waals surface area contributed by atoms with Crippen molar-refractivity contribution in [3.63, 3.8) is 0 Å². The molecular weight excluding hydrogens is 226 g/mol. The molecule has 0 amide bonds. The molecule has 3 nitrogen and oxygen atoms in total. The Bertz CT molecular complexity index is 434. The van der Waals surface area contributed by atoms with E-state index in [1.807, 2.05) is 12.1 Å². The van der Waals surface area contributed by atoms with Crippen LogP contribution in [0.5, 0.6) is 5.75 Å². The van der Waals surface area contributed by atoms with Crippen molar-refractivity contribution in [1.29, 1.82) is 0 Å². The minimum absolute atomic E-state index is 0.0918. The third kappa shape index (κ3) is 1.82. The Morgan fingerprint density at radius 2 is 2.22 bits per heavy atom. The van der Waals surface area contributed by atoms with Crippen LogP contribution >= 0.6 is 0 Å². The van der Waals surface area contributed by atoms with Crippen LogP contribution < -0.4 is 10.5 Å². The first-order valence-electron chi connectivity index (χ1n) is 6.85. The van der Waals surface area contributed by atoms with Crippen molar-refractivity contribution in [2.24, 2.45) is 11.1 Å². The molecule has 3 N–H and O–H groups in total. The second-order valence-electron chi connectivity index (χ2n) is 5.72. The summed E-state index contributed by atoms with van der Waals surface area (Å²) < 4.78 is 5.72. The van der Waals surface area contributed by atoms with Gasteiger partial charge in [0.05, 0.1) is 12.7 Å². The van der Waals surface area contributed by atoms with E-state index < -0.39 is 0 Å². The largest absolute Gasteiger partial charge is 0.493 e. The number of aliphatic hydroxyl groups excluding tert-OH is 1. The summed E-state index contributed by atoms with van der Waals surface area (Å²) in [5.41, 5.74) is 7.15. The van der Waals surface area contributed by atoms with Gasteiger partial charge in [-0.3, -0.25) is 0 Å². The minimum Gasteiger partial charge on any atom is -0.493 e. The highest BCUT2D eigenvalue weighted by atomic mass is 16.5. The zero-order chi connectivity index (χ0) is 12.6. The lowest BCUT2D eigenvalue weighted by Gasteiger charge is -2.33. The Kier molecular flexibility index (Phi) is 3.04. The molecule has 1 fully saturated rings. The number of rotatable bonds is 3. The van der Waals surface area contributed by atoms with Gasteiger partial charge in [0.2, 0.25) is 0 Å². The van der Waals surface area contributed by atoms with Crippen LogP contribution in [0, 0.1) is 5.41 Å². The van der Waals surface area contributed by atoms with Crippen LogP contribution in [-0.2, 0) is 0 Å². The molecule has 18 heavy (non-hydrogen) atoms. The van der Waals surface area contributed by atoms with Crippen LogP contribution in [0.15, 0.2) is 24.3 Å². The van der Waals surface area contributed by atoms with Gasteiger partial charge in [0.1, 0.15) is 5.75 Å². The monoisotopic (exact) mass is 247 g/mol. The zero-order valence-corrected chi connectivity index (χ0v) is 10.6. The van der Waals surface area contributed by atoms with Gasteiger partial charge in [0.15, 0.2) is 0 Å². The molecule has 1 aliphatic carbocycles. The third-order valence-electron chi connectivity index (χ3n) is 4.72. The highest BCUT2D eigenvalue weighted by Gasteiger charge is 2.43. The highest BCUT2D eigenvalue weighted by Crippen LogP contribution is 2.47. The first-order chi connectivity index (χ1) is 8.75. The van der Waals surface area contributed by atoms with E-state index in [0.717, 1.165) is 38.0 Å². The van der Waals surface area contributed by atoms with Crippen LogP contribution in [-0.4, -0.2) is 24.4 Å². The molecule has 3 heteroatoms. The second kappa shape index (κ2) is 4.56. The first kappa shape index (κ1) is 12.0. The SMILES string of the molecule is NCC1(CC2COc3ccccc32)CCCC1O. The lowest BCUT2D eigenvalue weighted by molar-refractivity contribution is 0.0447. The Hall–Kier alpha value is -1.06. The second-order valence-corrected chi connectivity index (χ2v) is 5.72. The molecule has 0 saturated heterocycles. The zero-order valence-electron chi connectivity index (χ0n) is 10.6. The fourth-order valence-electron chi connectivity index (χ4n) is 3.57. The lowest BCUT2D eigenvalue weighted by Crippen LogP contribution is -2.39. The maximum Gasteiger partial charge on any atom is 0.122 e. The van der Waals surface area contributed by atoms with Crippen molar-refractivity contribution >= 4 is 0 Å². The molecule has 1 saturated carbocycles. The predicted octanol–water partition coefficient (Wildman–Crippen LogP) is 2.04. The summed E-state index contributed by atoms with van der Waals surface area (Å²) in [5, 5.41) is 10.2. The summed E-state index contributed by atoms with van der Waals surface area (Å²) in [5.74, 6) is 1.39. The summed E-state index contributed by atoms with van der Waals surface area (Å²) in [6.45, 7) is 1.31. The summed E-state index contributed by atoms with van der Waals surface area (Å²) in [6, 6.07) is 8.22. The normalized spacial score (nSPS) is 34.3. The average Bonchev–Trinajstić information content (AvgIpc) is 2.96. The molecule has 0 radical (unpaired) electrons. The van der Waals surface area contributed by atoms with E-state index in [2.05, 4.69) is 12.1 Å². The summed E-state index contributed by atoms with van der Waals surface area (Å²) in [7, 11) is 0. The van der Waals surface area contributed by atoms with Crippen molar-refractivity contribution in [2.45, 2.75) is 37.7 Å². The van der Waals surface area contributed by atoms with Crippen LogP contribution in [0.4, 0.5) is 0 Å². The molecule has 3 atom stereocenters. The van der Waals surface area contributed by atoms with E-state index in [0.29, 0.717) is 12.5 Å². The topological polar surface area (TPSA) is 55.5 Å². The quantitative estimate of drug-likeness (QED) is 0.859. The van der Waals surface area contributed by atoms with Gasteiger partial charge < -0.3 is 15.6 Å². The van der Waals surface area contributed by atoms with Crippen LogP contribution in [0.2, 0.25) is 0 Å². The van der Waals surface area contributed by atoms with E-state index in [9.17, 15) is 5.11 Å². The number of para-hydroxylation sites is 1. The molecule has 0 aromatic heterocycles. The summed E-state index contributed by atoms with van der Waals surface area (Å²) in [6.07, 6.45) is 3.74. The van der Waals surface area contributed by atoms with E-state index in [1.165, 1.54) is 5.56 Å². The smallest absolute Gasteiger partial charge is 0.122 e. The van der Waals surface area contributed by atoms with Crippen molar-refractivity contribution in [2.75, 3.05) is 13.2 Å². The molecule has 3 unspecified atom stereocenters. The first-order valence-corrected chi connectivity index (χ1v) is 6.85. The van der Waals surface area contributed by atoms with Crippen molar-refractivity contribution < 1.29 is 9.84 Å². The van der Waals surface area contributed by atoms with Gasteiger partial charge in [-0.15, -0.1) is 0 Å². The van der Waals surface area contributed by atoms with Crippen LogP contribution in [0.1, 0.15) is 37.2 Å². The third-order valence-corrected chi connectivity index (χ3v) is 4.72. The molecule has 1 aliphatic heterocycles. The van der Waals surface area contributed by atoms with E-state index in [4.69, 9.17) is 10.5 Å². The Balaban J connectivity index is 1.81. The van der Waals surface area contributed by atoms with Gasteiger partial charge in [-0.05, 0) is 25.3 Å². The molecule has 2 aliphatic rings. The number of aliphatic hydroxyl groups is 1. The lowest BCUT2D eigenvalue weighted by atomic mass is 9.75. The van der Waals surface area contributed by atoms with Gasteiger partial charge in [-0.2, -0.15) is 0 Å². The van der Waals surface area contributed by atoms with E-state index >= 15 is 0 Å². The summed E-state index contributed by atoms with van der Waals surface area (Å²) in [4.78, 5) is 0. The predicted molar refractivity (Wildman–Crippen MR) is 70.6 cm³/mol. The van der Waals surface area contributed by atoms with Gasteiger partial charge >= 0.3 is 0 Å². The van der Waals surface area contributed by atoms with Crippen LogP contribution in [0.3, 0.4) is 0 Å². The van der Waals surface area contributed by atoms with Crippen molar-refractivity contribution in [3.05, 3.63) is 29.8 Å². The highest BCUT2D eigenvalue weighted by molar-refractivity contribution is 5.39. The van der Waals surface area contributed by atoms with Gasteiger partial charge in [0, 0.05) is 23.4 Å². The number of hydrogen-bond acceptors (Lipinski definition) is 3. The molecular formula is C15H21NO2. The van der Waals surface area contributed by atoms with Crippen molar-refractivity contribution in [3.8, 4) is 5.75 Å². The number of nitrogens with two attached hydrogens (primary N) is 1. The number of benzene rings is 1. The Morgan fingerprint density at radius 3 is 2.94 bits per heavy atom. The molecule has 1 aromatic rings. The van der Waals surface area contributed by atoms with Gasteiger partial charge in [-0.1, -0.05) is 24.6 Å². The van der Waals surface area contributed by atoms with Gasteiger partial charge in [0.25, 0.3) is 0 Å². The molecule has 1 aromatic carbocycles. The standard InChI is InChI=1S/C15H21NO2/c16-10-15(7-3-6-14(15)17)8-11-9-18-13-5-2-1-4-12(11)13/h1-2,4-5,11,14,17H,3,6-10,16H2. The molecule has 98 valence electrons. The number of fused-ring (bicyclic) bond motifs is 1. The Labute approximate surface area is 108 Å². The number of ether oxygens (including phenoxy) is 1. The Morgan fingerprint density at radius 1 is 1.39 bits per heavy atom. The fraction of sp³-hybridized carbons (Fsp3) is 0.600. The van der Waals surface area contributed by atoms with E-state index in [1.54, 1.807) is 0 Å². The number of hydrogen-bond donors (Lipinski definition) is 2. The van der Waals surface area contributed by atoms with Crippen molar-refractivity contribution in [1.82, 2.24) is 0 Å². The summed E-state index contributed by atoms with van der Waals surface area (Å²) >= 11 is 0. The molecule has 0 bridgehead atoms. The van der Waals surface area contributed by atoms with Crippen LogP contribution in [0.25, 0.3) is 0 Å².